The normalized spacial score (nSPS) is 11.0. The number of ether oxygens (including phenoxy) is 1. The third-order valence-electron chi connectivity index (χ3n) is 3.13. The average molecular weight is 353 g/mol. The van der Waals surface area contributed by atoms with E-state index >= 15 is 0 Å². The quantitative estimate of drug-likeness (QED) is 0.399. The summed E-state index contributed by atoms with van der Waals surface area (Å²) >= 11 is 7.16. The molecule has 0 saturated heterocycles. The number of anilines is 1. The van der Waals surface area contributed by atoms with Crippen LogP contribution in [0.2, 0.25) is 5.02 Å². The van der Waals surface area contributed by atoms with Crippen molar-refractivity contribution in [3.05, 3.63) is 56.5 Å². The van der Waals surface area contributed by atoms with Gasteiger partial charge in [0.05, 0.1) is 13.2 Å². The minimum atomic E-state index is -0.441. The second-order valence-electron chi connectivity index (χ2n) is 4.70. The van der Waals surface area contributed by atoms with Gasteiger partial charge in [-0.1, -0.05) is 35.1 Å². The van der Waals surface area contributed by atoms with Crippen LogP contribution in [0.1, 0.15) is 5.56 Å². The van der Waals surface area contributed by atoms with Crippen LogP contribution in [0.3, 0.4) is 0 Å². The molecule has 2 heterocycles. The molecule has 0 spiro atoms. The second-order valence-corrected chi connectivity index (χ2v) is 6.01. The van der Waals surface area contributed by atoms with Gasteiger partial charge in [-0.25, -0.2) is 0 Å². The Morgan fingerprint density at radius 2 is 2.17 bits per heavy atom. The van der Waals surface area contributed by atoms with E-state index in [4.69, 9.17) is 16.3 Å². The maximum absolute atomic E-state index is 11.2. The van der Waals surface area contributed by atoms with Crippen molar-refractivity contribution in [2.24, 2.45) is 0 Å². The van der Waals surface area contributed by atoms with Crippen LogP contribution in [0.4, 0.5) is 11.6 Å². The van der Waals surface area contributed by atoms with Gasteiger partial charge in [0.25, 0.3) is 4.96 Å². The van der Waals surface area contributed by atoms with Gasteiger partial charge in [-0.05, 0) is 22.6 Å². The number of nitrogens with zero attached hydrogens (tertiary/aromatic N) is 3. The van der Waals surface area contributed by atoms with Gasteiger partial charge < -0.3 is 20.2 Å². The lowest BCUT2D eigenvalue weighted by Crippen LogP contribution is -2.11. The summed E-state index contributed by atoms with van der Waals surface area (Å²) in [6.07, 6.45) is 1.63. The van der Waals surface area contributed by atoms with Crippen LogP contribution in [0.5, 0.6) is 0 Å². The molecule has 0 fully saturated rings. The number of aromatic nitrogens is 2. The van der Waals surface area contributed by atoms with Gasteiger partial charge in [-0.3, -0.25) is 0 Å². The summed E-state index contributed by atoms with van der Waals surface area (Å²) in [4.78, 5) is 15.5. The van der Waals surface area contributed by atoms with Crippen molar-refractivity contribution in [2.45, 2.75) is 6.61 Å². The fraction of sp³-hybridized carbons (Fsp3) is 0.214. The largest absolute Gasteiger partial charge is 0.375 e. The van der Waals surface area contributed by atoms with E-state index in [9.17, 15) is 10.1 Å². The van der Waals surface area contributed by atoms with E-state index < -0.39 is 4.92 Å². The van der Waals surface area contributed by atoms with E-state index in [0.29, 0.717) is 29.7 Å². The first-order chi connectivity index (χ1) is 11.1. The Bertz CT molecular complexity index is 815. The van der Waals surface area contributed by atoms with E-state index in [1.807, 2.05) is 12.1 Å². The highest BCUT2D eigenvalue weighted by atomic mass is 35.5. The number of benzene rings is 1. The average Bonchev–Trinajstić information content (AvgIpc) is 3.08. The Balaban J connectivity index is 1.52. The molecule has 0 aliphatic carbocycles. The number of nitrogens with one attached hydrogen (secondary N) is 1. The molecule has 0 unspecified atom stereocenters. The van der Waals surface area contributed by atoms with Crippen LogP contribution >= 0.6 is 22.9 Å². The van der Waals surface area contributed by atoms with Crippen LogP contribution in [0.15, 0.2) is 35.8 Å². The first-order valence-electron chi connectivity index (χ1n) is 6.81. The zero-order valence-electron chi connectivity index (χ0n) is 11.9. The minimum absolute atomic E-state index is 0.0565. The van der Waals surface area contributed by atoms with Gasteiger partial charge in [0, 0.05) is 16.9 Å². The molecule has 9 heteroatoms. The summed E-state index contributed by atoms with van der Waals surface area (Å²) in [6, 6.07) is 7.40. The lowest BCUT2D eigenvalue weighted by atomic mass is 10.2. The molecule has 1 aromatic carbocycles. The molecule has 0 saturated carbocycles. The van der Waals surface area contributed by atoms with Crippen LogP contribution in [0, 0.1) is 10.1 Å². The van der Waals surface area contributed by atoms with Crippen LogP contribution in [-0.4, -0.2) is 27.5 Å². The topological polar surface area (TPSA) is 81.7 Å². The Kier molecular flexibility index (Phi) is 4.75. The Morgan fingerprint density at radius 1 is 1.39 bits per heavy atom. The number of rotatable bonds is 7. The first kappa shape index (κ1) is 15.7. The highest BCUT2D eigenvalue weighted by Gasteiger charge is 2.22. The monoisotopic (exact) mass is 352 g/mol. The molecule has 0 atom stereocenters. The highest BCUT2D eigenvalue weighted by Crippen LogP contribution is 2.27. The Labute approximate surface area is 140 Å². The molecule has 120 valence electrons. The van der Waals surface area contributed by atoms with E-state index in [-0.39, 0.29) is 11.6 Å². The molecule has 0 bridgehead atoms. The predicted molar refractivity (Wildman–Crippen MR) is 89.3 cm³/mol. The molecule has 0 radical (unpaired) electrons. The Hall–Kier alpha value is -2.16. The van der Waals surface area contributed by atoms with Crippen molar-refractivity contribution >= 4 is 39.5 Å². The van der Waals surface area contributed by atoms with Crippen LogP contribution in [0.25, 0.3) is 4.96 Å². The number of nitro groups is 1. The highest BCUT2D eigenvalue weighted by molar-refractivity contribution is 7.15. The summed E-state index contributed by atoms with van der Waals surface area (Å²) < 4.78 is 6.99. The molecular weight excluding hydrogens is 340 g/mol. The van der Waals surface area contributed by atoms with E-state index in [0.717, 1.165) is 5.56 Å². The van der Waals surface area contributed by atoms with Gasteiger partial charge >= 0.3 is 5.82 Å². The molecule has 3 aromatic rings. The van der Waals surface area contributed by atoms with Gasteiger partial charge in [-0.2, -0.15) is 9.38 Å². The molecule has 23 heavy (non-hydrogen) atoms. The van der Waals surface area contributed by atoms with Crippen molar-refractivity contribution in [1.82, 2.24) is 9.38 Å². The summed E-state index contributed by atoms with van der Waals surface area (Å²) in [5, 5.41) is 16.6. The fourth-order valence-corrected chi connectivity index (χ4v) is 2.91. The molecular formula is C14H13ClN4O3S. The smallest absolute Gasteiger partial charge is 0.372 e. The summed E-state index contributed by atoms with van der Waals surface area (Å²) in [5.74, 6) is 0.205. The van der Waals surface area contributed by atoms with E-state index in [1.54, 1.807) is 23.7 Å². The lowest BCUT2D eigenvalue weighted by molar-refractivity contribution is -0.389. The van der Waals surface area contributed by atoms with E-state index in [1.165, 1.54) is 15.7 Å². The van der Waals surface area contributed by atoms with Crippen LogP contribution in [-0.2, 0) is 11.3 Å². The molecule has 3 rings (SSSR count). The molecule has 0 aliphatic rings. The maximum atomic E-state index is 11.2. The van der Waals surface area contributed by atoms with E-state index in [2.05, 4.69) is 10.3 Å². The van der Waals surface area contributed by atoms with Gasteiger partial charge in [-0.15, -0.1) is 0 Å². The van der Waals surface area contributed by atoms with Gasteiger partial charge in [0.15, 0.2) is 0 Å². The second kappa shape index (κ2) is 6.95. The SMILES string of the molecule is O=[N+]([O-])c1c(NCCOCc2ccc(Cl)cc2)nc2sccn12. The number of imidazole rings is 1. The summed E-state index contributed by atoms with van der Waals surface area (Å²) in [7, 11) is 0. The lowest BCUT2D eigenvalue weighted by Gasteiger charge is -2.06. The maximum Gasteiger partial charge on any atom is 0.372 e. The third-order valence-corrected chi connectivity index (χ3v) is 4.14. The number of hydrogen-bond donors (Lipinski definition) is 1. The molecule has 1 N–H and O–H groups in total. The summed E-state index contributed by atoms with van der Waals surface area (Å²) in [6.45, 7) is 1.30. The Morgan fingerprint density at radius 3 is 2.91 bits per heavy atom. The van der Waals surface area contributed by atoms with Crippen molar-refractivity contribution in [1.29, 1.82) is 0 Å². The van der Waals surface area contributed by atoms with Gasteiger partial charge in [0.2, 0.25) is 5.82 Å². The van der Waals surface area contributed by atoms with Crippen LogP contribution < -0.4 is 5.32 Å². The molecule has 2 aromatic heterocycles. The predicted octanol–water partition coefficient (Wildman–Crippen LogP) is 3.59. The standard InChI is InChI=1S/C14H13ClN4O3S/c15-11-3-1-10(2-4-11)9-22-7-5-16-12-13(19(20)21)18-6-8-23-14(18)17-12/h1-4,6,8,16H,5,7,9H2. The van der Waals surface area contributed by atoms with Crippen molar-refractivity contribution in [3.63, 3.8) is 0 Å². The van der Waals surface area contributed by atoms with Crippen molar-refractivity contribution in [3.8, 4) is 0 Å². The third kappa shape index (κ3) is 3.61. The minimum Gasteiger partial charge on any atom is -0.375 e. The van der Waals surface area contributed by atoms with Gasteiger partial charge in [0.1, 0.15) is 6.20 Å². The number of fused-ring (bicyclic) bond motifs is 1. The summed E-state index contributed by atoms with van der Waals surface area (Å²) in [5.41, 5.74) is 1.02. The van der Waals surface area contributed by atoms with Crippen molar-refractivity contribution < 1.29 is 9.66 Å². The number of thiazole rings is 1. The molecule has 0 amide bonds. The fourth-order valence-electron chi connectivity index (χ4n) is 2.08. The zero-order valence-corrected chi connectivity index (χ0v) is 13.5. The number of hydrogen-bond acceptors (Lipinski definition) is 6. The first-order valence-corrected chi connectivity index (χ1v) is 8.07. The molecule has 0 aliphatic heterocycles. The number of halogens is 1. The zero-order chi connectivity index (χ0) is 16.2. The molecule has 7 nitrogen and oxygen atoms in total. The van der Waals surface area contributed by atoms with Crippen molar-refractivity contribution in [2.75, 3.05) is 18.5 Å².